The minimum absolute atomic E-state index is 0.326. The molecule has 0 atom stereocenters. The van der Waals surface area contributed by atoms with E-state index in [0.717, 1.165) is 33.9 Å². The summed E-state index contributed by atoms with van der Waals surface area (Å²) >= 11 is 0. The zero-order chi connectivity index (χ0) is 34.5. The molecule has 51 heavy (non-hydrogen) atoms. The number of rotatable bonds is 4. The number of hydrogen-bond donors (Lipinski definition) is 0. The van der Waals surface area contributed by atoms with Crippen molar-refractivity contribution in [2.75, 3.05) is 13.1 Å². The van der Waals surface area contributed by atoms with Crippen molar-refractivity contribution in [1.82, 2.24) is 9.97 Å². The van der Waals surface area contributed by atoms with Gasteiger partial charge in [0.15, 0.2) is 0 Å². The molecule has 4 aliphatic rings. The lowest BCUT2D eigenvalue weighted by atomic mass is 9.70. The van der Waals surface area contributed by atoms with E-state index in [4.69, 9.17) is 19.4 Å². The minimum atomic E-state index is -0.523. The number of aromatic nitrogens is 2. The van der Waals surface area contributed by atoms with Gasteiger partial charge in [-0.2, -0.15) is 0 Å². The van der Waals surface area contributed by atoms with Crippen LogP contribution >= 0.6 is 0 Å². The summed E-state index contributed by atoms with van der Waals surface area (Å²) in [6, 6.07) is 43.6. The lowest BCUT2D eigenvalue weighted by Gasteiger charge is -2.31. The van der Waals surface area contributed by atoms with Crippen LogP contribution in [0.4, 0.5) is 0 Å². The van der Waals surface area contributed by atoms with Crippen molar-refractivity contribution in [2.24, 2.45) is 9.98 Å². The standard InChI is InChI=1S/C45H36N4O2/c1-43(2)25-46-41(50-43)39-17-9-15-37(48-39)27-19-21-31-32-22-20-28(38-16-10-18-40(49-38)42-47-26-44(3,4)51-42)24-36(32)45(35(31)23-27)33-13-7-5-11-29(33)30-12-6-8-14-34(30)45/h5-24H,25-26H2,1-4H3. The Morgan fingerprint density at radius 2 is 0.843 bits per heavy atom. The molecule has 1 spiro atoms. The van der Waals surface area contributed by atoms with Gasteiger partial charge in [-0.3, -0.25) is 0 Å². The van der Waals surface area contributed by atoms with Crippen molar-refractivity contribution < 1.29 is 9.47 Å². The fourth-order valence-electron chi connectivity index (χ4n) is 8.33. The maximum Gasteiger partial charge on any atom is 0.236 e. The Balaban J connectivity index is 1.16. The van der Waals surface area contributed by atoms with Crippen LogP contribution in [0.15, 0.2) is 131 Å². The van der Waals surface area contributed by atoms with Crippen LogP contribution in [0.5, 0.6) is 0 Å². The molecule has 6 nitrogen and oxygen atoms in total. The van der Waals surface area contributed by atoms with Gasteiger partial charge < -0.3 is 9.47 Å². The summed E-state index contributed by atoms with van der Waals surface area (Å²) in [7, 11) is 0. The number of pyridine rings is 2. The van der Waals surface area contributed by atoms with Crippen LogP contribution in [0.25, 0.3) is 44.8 Å². The third-order valence-corrected chi connectivity index (χ3v) is 10.6. The van der Waals surface area contributed by atoms with Crippen LogP contribution in [0, 0.1) is 0 Å². The predicted molar refractivity (Wildman–Crippen MR) is 202 cm³/mol. The molecule has 0 saturated carbocycles. The summed E-state index contributed by atoms with van der Waals surface area (Å²) in [5.41, 5.74) is 14.3. The molecule has 6 heteroatoms. The third kappa shape index (κ3) is 4.48. The van der Waals surface area contributed by atoms with Crippen LogP contribution in [-0.2, 0) is 14.9 Å². The van der Waals surface area contributed by atoms with E-state index < -0.39 is 5.41 Å². The Kier molecular flexibility index (Phi) is 6.21. The van der Waals surface area contributed by atoms with Crippen molar-refractivity contribution in [3.05, 3.63) is 155 Å². The number of benzene rings is 4. The lowest BCUT2D eigenvalue weighted by Crippen LogP contribution is -2.26. The highest BCUT2D eigenvalue weighted by Crippen LogP contribution is 2.63. The van der Waals surface area contributed by atoms with Gasteiger partial charge in [0.2, 0.25) is 11.8 Å². The predicted octanol–water partition coefficient (Wildman–Crippen LogP) is 9.26. The molecule has 2 aromatic heterocycles. The molecule has 248 valence electrons. The molecular formula is C45H36N4O2. The van der Waals surface area contributed by atoms with Crippen LogP contribution < -0.4 is 0 Å². The van der Waals surface area contributed by atoms with E-state index >= 15 is 0 Å². The van der Waals surface area contributed by atoms with E-state index in [-0.39, 0.29) is 11.2 Å². The number of hydrogen-bond acceptors (Lipinski definition) is 6. The lowest BCUT2D eigenvalue weighted by molar-refractivity contribution is 0.130. The molecule has 0 fully saturated rings. The second kappa shape index (κ2) is 10.6. The Hall–Kier alpha value is -5.88. The summed E-state index contributed by atoms with van der Waals surface area (Å²) in [4.78, 5) is 19.5. The molecule has 2 aliphatic carbocycles. The molecule has 0 radical (unpaired) electrons. The molecule has 4 aromatic carbocycles. The smallest absolute Gasteiger partial charge is 0.236 e. The van der Waals surface area contributed by atoms with Crippen molar-refractivity contribution in [3.8, 4) is 44.8 Å². The minimum Gasteiger partial charge on any atom is -0.468 e. The molecular weight excluding hydrogens is 629 g/mol. The number of fused-ring (bicyclic) bond motifs is 10. The summed E-state index contributed by atoms with van der Waals surface area (Å²) < 4.78 is 12.3. The molecule has 10 rings (SSSR count). The summed E-state index contributed by atoms with van der Waals surface area (Å²) in [6.45, 7) is 9.46. The van der Waals surface area contributed by atoms with Crippen molar-refractivity contribution in [1.29, 1.82) is 0 Å². The van der Waals surface area contributed by atoms with E-state index in [1.807, 2.05) is 24.3 Å². The summed E-state index contributed by atoms with van der Waals surface area (Å²) in [5.74, 6) is 1.21. The monoisotopic (exact) mass is 664 g/mol. The van der Waals surface area contributed by atoms with E-state index in [0.29, 0.717) is 24.9 Å². The highest BCUT2D eigenvalue weighted by Gasteiger charge is 2.51. The molecule has 0 amide bonds. The van der Waals surface area contributed by atoms with E-state index in [2.05, 4.69) is 135 Å². The van der Waals surface area contributed by atoms with E-state index in [1.54, 1.807) is 0 Å². The first-order chi connectivity index (χ1) is 24.7. The van der Waals surface area contributed by atoms with Crippen LogP contribution in [0.3, 0.4) is 0 Å². The van der Waals surface area contributed by atoms with Gasteiger partial charge in [-0.05, 0) is 109 Å². The quantitative estimate of drug-likeness (QED) is 0.188. The van der Waals surface area contributed by atoms with Crippen LogP contribution in [0.1, 0.15) is 61.3 Å². The number of nitrogens with zero attached hydrogens (tertiary/aromatic N) is 4. The first-order valence-corrected chi connectivity index (χ1v) is 17.6. The fourth-order valence-corrected chi connectivity index (χ4v) is 8.33. The van der Waals surface area contributed by atoms with Gasteiger partial charge in [-0.15, -0.1) is 0 Å². The summed E-state index contributed by atoms with van der Waals surface area (Å²) in [5, 5.41) is 0. The highest BCUT2D eigenvalue weighted by molar-refractivity contribution is 5.98. The van der Waals surface area contributed by atoms with E-state index in [1.165, 1.54) is 44.5 Å². The topological polar surface area (TPSA) is 69.0 Å². The van der Waals surface area contributed by atoms with Crippen LogP contribution in [-0.4, -0.2) is 46.1 Å². The second-order valence-corrected chi connectivity index (χ2v) is 15.1. The fraction of sp³-hybridized carbons (Fsp3) is 0.200. The SMILES string of the molecule is CC1(C)CN=C(c2cccc(-c3ccc4c(c3)C3(c5ccccc5-c5ccccc53)c3cc(-c5cccc(C6=NCC(C)(C)O6)n5)ccc3-4)n2)O1. The third-order valence-electron chi connectivity index (χ3n) is 10.6. The Morgan fingerprint density at radius 1 is 0.431 bits per heavy atom. The molecule has 0 N–H and O–H groups in total. The average molecular weight is 665 g/mol. The Morgan fingerprint density at radius 3 is 1.27 bits per heavy atom. The molecule has 6 aromatic rings. The van der Waals surface area contributed by atoms with Gasteiger partial charge in [0.25, 0.3) is 0 Å². The Bertz CT molecular complexity index is 2330. The first kappa shape index (κ1) is 30.0. The summed E-state index contributed by atoms with van der Waals surface area (Å²) in [6.07, 6.45) is 0. The Labute approximate surface area is 297 Å². The molecule has 0 unspecified atom stereocenters. The van der Waals surface area contributed by atoms with E-state index in [9.17, 15) is 0 Å². The van der Waals surface area contributed by atoms with Gasteiger partial charge in [-0.1, -0.05) is 84.9 Å². The maximum atomic E-state index is 6.16. The molecule has 0 saturated heterocycles. The molecule has 4 heterocycles. The molecule has 0 bridgehead atoms. The average Bonchev–Trinajstić information content (AvgIpc) is 3.88. The zero-order valence-electron chi connectivity index (χ0n) is 29.1. The van der Waals surface area contributed by atoms with Crippen molar-refractivity contribution in [2.45, 2.75) is 44.3 Å². The van der Waals surface area contributed by atoms with Gasteiger partial charge in [-0.25, -0.2) is 20.0 Å². The number of ether oxygens (including phenoxy) is 2. The molecule has 2 aliphatic heterocycles. The first-order valence-electron chi connectivity index (χ1n) is 17.6. The highest BCUT2D eigenvalue weighted by atomic mass is 16.5. The van der Waals surface area contributed by atoms with Crippen LogP contribution in [0.2, 0.25) is 0 Å². The van der Waals surface area contributed by atoms with Crippen molar-refractivity contribution in [3.63, 3.8) is 0 Å². The van der Waals surface area contributed by atoms with Gasteiger partial charge in [0.1, 0.15) is 22.6 Å². The van der Waals surface area contributed by atoms with Crippen molar-refractivity contribution >= 4 is 11.8 Å². The van der Waals surface area contributed by atoms with Gasteiger partial charge in [0, 0.05) is 11.1 Å². The largest absolute Gasteiger partial charge is 0.468 e. The normalized spacial score (nSPS) is 17.9. The number of aliphatic imine (C=N–C) groups is 2. The van der Waals surface area contributed by atoms with Gasteiger partial charge >= 0.3 is 0 Å². The van der Waals surface area contributed by atoms with Gasteiger partial charge in [0.05, 0.1) is 29.9 Å². The maximum absolute atomic E-state index is 6.16. The second-order valence-electron chi connectivity index (χ2n) is 15.1. The zero-order valence-corrected chi connectivity index (χ0v) is 29.1.